The summed E-state index contributed by atoms with van der Waals surface area (Å²) in [6.07, 6.45) is 1.56. The molecule has 0 aliphatic carbocycles. The summed E-state index contributed by atoms with van der Waals surface area (Å²) < 4.78 is 12.1. The van der Waals surface area contributed by atoms with Crippen LogP contribution in [0.15, 0.2) is 53.1 Å². The average Bonchev–Trinajstić information content (AvgIpc) is 3.29. The van der Waals surface area contributed by atoms with Gasteiger partial charge in [0.05, 0.1) is 6.26 Å². The molecule has 4 N–H and O–H groups in total. The zero-order chi connectivity index (χ0) is 19.2. The monoisotopic (exact) mass is 369 g/mol. The molecule has 3 amide bonds. The molecule has 27 heavy (non-hydrogen) atoms. The molecular weight excluding hydrogens is 350 g/mol. The average molecular weight is 369 g/mol. The van der Waals surface area contributed by atoms with Gasteiger partial charge in [-0.25, -0.2) is 4.79 Å². The number of primary amides is 1. The summed E-state index contributed by atoms with van der Waals surface area (Å²) in [6, 6.07) is 11.9. The molecule has 0 radical (unpaired) electrons. The van der Waals surface area contributed by atoms with Crippen LogP contribution >= 0.6 is 0 Å². The van der Waals surface area contributed by atoms with E-state index >= 15 is 0 Å². The third-order valence-corrected chi connectivity index (χ3v) is 3.63. The van der Waals surface area contributed by atoms with Crippen molar-refractivity contribution in [2.24, 2.45) is 12.8 Å². The lowest BCUT2D eigenvalue weighted by atomic mass is 10.2. The highest BCUT2D eigenvalue weighted by Crippen LogP contribution is 2.21. The van der Waals surface area contributed by atoms with Gasteiger partial charge in [-0.05, 0) is 29.8 Å². The minimum Gasteiger partial charge on any atom is -0.484 e. The van der Waals surface area contributed by atoms with Crippen molar-refractivity contribution < 1.29 is 18.7 Å². The Labute approximate surface area is 155 Å². The van der Waals surface area contributed by atoms with E-state index in [2.05, 4.69) is 15.7 Å². The zero-order valence-electron chi connectivity index (χ0n) is 14.6. The Morgan fingerprint density at radius 2 is 2.11 bits per heavy atom. The lowest BCUT2D eigenvalue weighted by Gasteiger charge is -2.09. The lowest BCUT2D eigenvalue weighted by molar-refractivity contribution is -0.119. The summed E-state index contributed by atoms with van der Waals surface area (Å²) in [5.74, 6) is 1.09. The van der Waals surface area contributed by atoms with E-state index in [0.29, 0.717) is 23.0 Å². The van der Waals surface area contributed by atoms with Crippen molar-refractivity contribution in [3.63, 3.8) is 0 Å². The van der Waals surface area contributed by atoms with Crippen LogP contribution in [0, 0.1) is 0 Å². The standard InChI is InChI=1S/C18H19N5O4/c1-23-17(9-14(22-23)15-6-3-7-26-15)21-18(25)20-10-12-4-2-5-13(8-12)27-11-16(19)24/h2-9H,10-11H2,1H3,(H2,19,24)(H2,20,21,25). The van der Waals surface area contributed by atoms with E-state index in [-0.39, 0.29) is 19.2 Å². The predicted molar refractivity (Wildman–Crippen MR) is 97.9 cm³/mol. The third kappa shape index (κ3) is 4.88. The summed E-state index contributed by atoms with van der Waals surface area (Å²) >= 11 is 0. The predicted octanol–water partition coefficient (Wildman–Crippen LogP) is 1.87. The molecule has 0 saturated carbocycles. The van der Waals surface area contributed by atoms with Gasteiger partial charge in [-0.2, -0.15) is 5.10 Å². The second-order valence-electron chi connectivity index (χ2n) is 5.73. The number of nitrogens with zero attached hydrogens (tertiary/aromatic N) is 2. The number of aryl methyl sites for hydroxylation is 1. The molecule has 0 aliphatic rings. The third-order valence-electron chi connectivity index (χ3n) is 3.63. The molecule has 1 aromatic carbocycles. The molecule has 9 nitrogen and oxygen atoms in total. The van der Waals surface area contributed by atoms with Crippen molar-refractivity contribution in [2.75, 3.05) is 11.9 Å². The van der Waals surface area contributed by atoms with Crippen LogP contribution in [-0.4, -0.2) is 28.3 Å². The molecule has 9 heteroatoms. The number of anilines is 1. The highest BCUT2D eigenvalue weighted by atomic mass is 16.5. The summed E-state index contributed by atoms with van der Waals surface area (Å²) in [5, 5.41) is 9.78. The van der Waals surface area contributed by atoms with E-state index < -0.39 is 5.91 Å². The van der Waals surface area contributed by atoms with Crippen LogP contribution in [0.2, 0.25) is 0 Å². The fourth-order valence-electron chi connectivity index (χ4n) is 2.37. The number of carbonyl (C=O) groups excluding carboxylic acids is 2. The van der Waals surface area contributed by atoms with Crippen molar-refractivity contribution in [1.82, 2.24) is 15.1 Å². The topological polar surface area (TPSA) is 124 Å². The van der Waals surface area contributed by atoms with Gasteiger partial charge in [-0.1, -0.05) is 12.1 Å². The van der Waals surface area contributed by atoms with E-state index in [9.17, 15) is 9.59 Å². The lowest BCUT2D eigenvalue weighted by Crippen LogP contribution is -2.29. The van der Waals surface area contributed by atoms with Gasteiger partial charge in [0.15, 0.2) is 12.4 Å². The number of urea groups is 1. The van der Waals surface area contributed by atoms with Gasteiger partial charge in [0.25, 0.3) is 5.91 Å². The number of nitrogens with one attached hydrogen (secondary N) is 2. The molecule has 0 unspecified atom stereocenters. The number of amides is 3. The van der Waals surface area contributed by atoms with E-state index in [1.165, 1.54) is 0 Å². The number of furan rings is 1. The summed E-state index contributed by atoms with van der Waals surface area (Å²) in [7, 11) is 1.72. The number of carbonyl (C=O) groups is 2. The fraction of sp³-hybridized carbons (Fsp3) is 0.167. The summed E-state index contributed by atoms with van der Waals surface area (Å²) in [5.41, 5.74) is 6.49. The number of benzene rings is 1. The molecule has 2 heterocycles. The van der Waals surface area contributed by atoms with Crippen molar-refractivity contribution in [2.45, 2.75) is 6.54 Å². The SMILES string of the molecule is Cn1nc(-c2ccco2)cc1NC(=O)NCc1cccc(OCC(N)=O)c1. The van der Waals surface area contributed by atoms with Crippen LogP contribution in [0.3, 0.4) is 0 Å². The van der Waals surface area contributed by atoms with Crippen LogP contribution < -0.4 is 21.1 Å². The molecule has 0 bridgehead atoms. The van der Waals surface area contributed by atoms with E-state index in [1.54, 1.807) is 54.4 Å². The Bertz CT molecular complexity index is 933. The van der Waals surface area contributed by atoms with E-state index in [1.807, 2.05) is 6.07 Å². The van der Waals surface area contributed by atoms with Gasteiger partial charge in [0.2, 0.25) is 0 Å². The van der Waals surface area contributed by atoms with Gasteiger partial charge >= 0.3 is 6.03 Å². The molecule has 3 rings (SSSR count). The zero-order valence-corrected chi connectivity index (χ0v) is 14.6. The van der Waals surface area contributed by atoms with E-state index in [0.717, 1.165) is 5.56 Å². The fourth-order valence-corrected chi connectivity index (χ4v) is 2.37. The first-order valence-electron chi connectivity index (χ1n) is 8.14. The Morgan fingerprint density at radius 3 is 2.85 bits per heavy atom. The van der Waals surface area contributed by atoms with Crippen LogP contribution in [0.4, 0.5) is 10.6 Å². The number of hydrogen-bond acceptors (Lipinski definition) is 5. The molecule has 0 aliphatic heterocycles. The van der Waals surface area contributed by atoms with Gasteiger partial charge in [-0.15, -0.1) is 0 Å². The quantitative estimate of drug-likeness (QED) is 0.586. The molecule has 0 atom stereocenters. The first-order valence-corrected chi connectivity index (χ1v) is 8.14. The highest BCUT2D eigenvalue weighted by Gasteiger charge is 2.11. The van der Waals surface area contributed by atoms with Crippen LogP contribution in [0.5, 0.6) is 5.75 Å². The van der Waals surface area contributed by atoms with E-state index in [4.69, 9.17) is 14.9 Å². The maximum atomic E-state index is 12.2. The highest BCUT2D eigenvalue weighted by molar-refractivity contribution is 5.88. The minimum atomic E-state index is -0.553. The van der Waals surface area contributed by atoms with Gasteiger partial charge in [-0.3, -0.25) is 14.8 Å². The largest absolute Gasteiger partial charge is 0.484 e. The molecule has 0 fully saturated rings. The Kier molecular flexibility index (Phi) is 5.41. The summed E-state index contributed by atoms with van der Waals surface area (Å²) in [6.45, 7) is 0.0817. The van der Waals surface area contributed by atoms with Crippen LogP contribution in [0.25, 0.3) is 11.5 Å². The van der Waals surface area contributed by atoms with Gasteiger partial charge in [0.1, 0.15) is 17.3 Å². The van der Waals surface area contributed by atoms with Crippen LogP contribution in [-0.2, 0) is 18.4 Å². The smallest absolute Gasteiger partial charge is 0.320 e. The number of aromatic nitrogens is 2. The molecule has 2 aromatic heterocycles. The normalized spacial score (nSPS) is 10.4. The van der Waals surface area contributed by atoms with Crippen molar-refractivity contribution in [3.05, 3.63) is 54.3 Å². The molecule has 0 spiro atoms. The minimum absolute atomic E-state index is 0.199. The number of rotatable bonds is 7. The Morgan fingerprint density at radius 1 is 1.26 bits per heavy atom. The Balaban J connectivity index is 1.56. The molecule has 140 valence electrons. The first kappa shape index (κ1) is 18.1. The molecular formula is C18H19N5O4. The van der Waals surface area contributed by atoms with Crippen LogP contribution in [0.1, 0.15) is 5.56 Å². The number of ether oxygens (including phenoxy) is 1. The second kappa shape index (κ2) is 8.09. The van der Waals surface area contributed by atoms with Gasteiger partial charge < -0.3 is 20.2 Å². The molecule has 0 saturated heterocycles. The second-order valence-corrected chi connectivity index (χ2v) is 5.73. The number of hydrogen-bond donors (Lipinski definition) is 3. The maximum absolute atomic E-state index is 12.2. The maximum Gasteiger partial charge on any atom is 0.320 e. The van der Waals surface area contributed by atoms with Crippen molar-refractivity contribution in [1.29, 1.82) is 0 Å². The summed E-state index contributed by atoms with van der Waals surface area (Å²) in [4.78, 5) is 22.9. The van der Waals surface area contributed by atoms with Crippen molar-refractivity contribution in [3.8, 4) is 17.2 Å². The number of nitrogens with two attached hydrogens (primary N) is 1. The first-order chi connectivity index (χ1) is 13.0. The Hall–Kier alpha value is -3.75. The van der Waals surface area contributed by atoms with Crippen molar-refractivity contribution >= 4 is 17.8 Å². The molecule has 3 aromatic rings. The van der Waals surface area contributed by atoms with Gasteiger partial charge in [0, 0.05) is 19.7 Å².